The van der Waals surface area contributed by atoms with Crippen LogP contribution in [0.3, 0.4) is 0 Å². The summed E-state index contributed by atoms with van der Waals surface area (Å²) >= 11 is 0. The number of benzene rings is 3. The summed E-state index contributed by atoms with van der Waals surface area (Å²) in [6.45, 7) is -0.0967. The number of rotatable bonds is 11. The molecule has 3 nitrogen and oxygen atoms in total. The standard InChI is InChI=1S/C29H28F3NO2/c1-2-17-34-26-15-12-24(33-19-26)11-4-21-7-16-27-23(18-21)10-9-22(28(27)30)8-3-20-5-13-25(14-6-20)35-29(31)32/h5-7,9-10,12-16,18-19,29H,2-4,8,11,17H2,1H3. The molecule has 0 radical (unpaired) electrons. The van der Waals surface area contributed by atoms with E-state index in [0.717, 1.165) is 47.2 Å². The molecule has 0 atom stereocenters. The Morgan fingerprint density at radius 2 is 1.54 bits per heavy atom. The fourth-order valence-corrected chi connectivity index (χ4v) is 3.99. The van der Waals surface area contributed by atoms with E-state index in [0.29, 0.717) is 30.4 Å². The van der Waals surface area contributed by atoms with Crippen LogP contribution in [0.1, 0.15) is 35.7 Å². The van der Waals surface area contributed by atoms with Crippen molar-refractivity contribution >= 4 is 10.8 Å². The molecule has 0 saturated heterocycles. The minimum absolute atomic E-state index is 0.116. The van der Waals surface area contributed by atoms with E-state index in [9.17, 15) is 8.78 Å². The number of nitrogens with zero attached hydrogens (tertiary/aromatic N) is 1. The molecule has 0 amide bonds. The highest BCUT2D eigenvalue weighted by Crippen LogP contribution is 2.25. The molecule has 0 fully saturated rings. The minimum Gasteiger partial charge on any atom is -0.492 e. The zero-order chi connectivity index (χ0) is 24.6. The number of aromatic nitrogens is 1. The predicted octanol–water partition coefficient (Wildman–Crippen LogP) is 7.33. The Morgan fingerprint density at radius 3 is 2.26 bits per heavy atom. The van der Waals surface area contributed by atoms with Crippen LogP contribution in [0, 0.1) is 5.82 Å². The van der Waals surface area contributed by atoms with Crippen LogP contribution in [0.2, 0.25) is 0 Å². The normalized spacial score (nSPS) is 11.2. The van der Waals surface area contributed by atoms with Gasteiger partial charge in [-0.25, -0.2) is 4.39 Å². The molecule has 0 N–H and O–H groups in total. The first-order chi connectivity index (χ1) is 17.0. The van der Waals surface area contributed by atoms with Crippen molar-refractivity contribution in [3.8, 4) is 11.5 Å². The summed E-state index contributed by atoms with van der Waals surface area (Å²) in [6, 6.07) is 20.0. The summed E-state index contributed by atoms with van der Waals surface area (Å²) in [5.41, 5.74) is 3.68. The van der Waals surface area contributed by atoms with E-state index in [1.807, 2.05) is 42.5 Å². The molecule has 0 aliphatic heterocycles. The summed E-state index contributed by atoms with van der Waals surface area (Å²) < 4.78 is 49.7. The summed E-state index contributed by atoms with van der Waals surface area (Å²) in [7, 11) is 0. The van der Waals surface area contributed by atoms with Crippen LogP contribution in [-0.2, 0) is 25.7 Å². The van der Waals surface area contributed by atoms with Crippen LogP contribution in [0.5, 0.6) is 11.5 Å². The molecule has 0 aliphatic rings. The van der Waals surface area contributed by atoms with Crippen molar-refractivity contribution < 1.29 is 22.6 Å². The van der Waals surface area contributed by atoms with Gasteiger partial charge >= 0.3 is 6.61 Å². The number of ether oxygens (including phenoxy) is 2. The van der Waals surface area contributed by atoms with Crippen molar-refractivity contribution in [2.45, 2.75) is 45.6 Å². The third-order valence-corrected chi connectivity index (χ3v) is 5.87. The maximum atomic E-state index is 15.2. The summed E-state index contributed by atoms with van der Waals surface area (Å²) in [5.74, 6) is 0.687. The van der Waals surface area contributed by atoms with Crippen molar-refractivity contribution in [3.63, 3.8) is 0 Å². The highest BCUT2D eigenvalue weighted by atomic mass is 19.3. The number of aryl methyl sites for hydroxylation is 4. The molecule has 4 aromatic rings. The van der Waals surface area contributed by atoms with E-state index in [1.54, 1.807) is 18.3 Å². The van der Waals surface area contributed by atoms with E-state index >= 15 is 4.39 Å². The summed E-state index contributed by atoms with van der Waals surface area (Å²) in [4.78, 5) is 4.47. The molecule has 0 spiro atoms. The molecule has 1 heterocycles. The highest BCUT2D eigenvalue weighted by Gasteiger charge is 2.10. The molecule has 3 aromatic carbocycles. The second-order valence-corrected chi connectivity index (χ2v) is 8.45. The van der Waals surface area contributed by atoms with Crippen LogP contribution in [-0.4, -0.2) is 18.2 Å². The molecule has 0 saturated carbocycles. The number of halogens is 3. The lowest BCUT2D eigenvalue weighted by atomic mass is 9.98. The second kappa shape index (κ2) is 11.7. The fraction of sp³-hybridized carbons (Fsp3) is 0.276. The first-order valence-electron chi connectivity index (χ1n) is 11.8. The quantitative estimate of drug-likeness (QED) is 0.226. The van der Waals surface area contributed by atoms with Crippen molar-refractivity contribution in [2.24, 2.45) is 0 Å². The Labute approximate surface area is 203 Å². The van der Waals surface area contributed by atoms with Crippen LogP contribution in [0.15, 0.2) is 72.9 Å². The number of hydrogen-bond donors (Lipinski definition) is 0. The third-order valence-electron chi connectivity index (χ3n) is 5.87. The summed E-state index contributed by atoms with van der Waals surface area (Å²) in [5, 5.41) is 1.47. The zero-order valence-electron chi connectivity index (χ0n) is 19.6. The third kappa shape index (κ3) is 6.75. The van der Waals surface area contributed by atoms with E-state index in [4.69, 9.17) is 4.74 Å². The Hall–Kier alpha value is -3.54. The van der Waals surface area contributed by atoms with Gasteiger partial charge in [0.2, 0.25) is 0 Å². The van der Waals surface area contributed by atoms with Gasteiger partial charge < -0.3 is 9.47 Å². The Morgan fingerprint density at radius 1 is 0.800 bits per heavy atom. The molecular weight excluding hydrogens is 451 g/mol. The predicted molar refractivity (Wildman–Crippen MR) is 132 cm³/mol. The van der Waals surface area contributed by atoms with Crippen LogP contribution >= 0.6 is 0 Å². The second-order valence-electron chi connectivity index (χ2n) is 8.45. The Balaban J connectivity index is 1.37. The molecule has 1 aromatic heterocycles. The van der Waals surface area contributed by atoms with Crippen molar-refractivity contribution in [3.05, 3.63) is 101 Å². The molecule has 182 valence electrons. The number of alkyl halides is 2. The van der Waals surface area contributed by atoms with Gasteiger partial charge in [0.05, 0.1) is 12.8 Å². The van der Waals surface area contributed by atoms with E-state index in [-0.39, 0.29) is 11.6 Å². The smallest absolute Gasteiger partial charge is 0.387 e. The summed E-state index contributed by atoms with van der Waals surface area (Å²) in [6.07, 6.45) is 5.44. The zero-order valence-corrected chi connectivity index (χ0v) is 19.6. The average Bonchev–Trinajstić information content (AvgIpc) is 2.87. The molecule has 0 bridgehead atoms. The largest absolute Gasteiger partial charge is 0.492 e. The maximum Gasteiger partial charge on any atom is 0.387 e. The lowest BCUT2D eigenvalue weighted by Crippen LogP contribution is -2.02. The van der Waals surface area contributed by atoms with Crippen molar-refractivity contribution in [1.82, 2.24) is 4.98 Å². The number of hydrogen-bond acceptors (Lipinski definition) is 3. The van der Waals surface area contributed by atoms with Gasteiger partial charge in [-0.1, -0.05) is 49.4 Å². The van der Waals surface area contributed by atoms with Gasteiger partial charge in [0.15, 0.2) is 0 Å². The molecular formula is C29H28F3NO2. The van der Waals surface area contributed by atoms with E-state index in [1.165, 1.54) is 12.1 Å². The lowest BCUT2D eigenvalue weighted by molar-refractivity contribution is -0.0498. The van der Waals surface area contributed by atoms with Gasteiger partial charge in [0.1, 0.15) is 17.3 Å². The van der Waals surface area contributed by atoms with Crippen LogP contribution in [0.25, 0.3) is 10.8 Å². The van der Waals surface area contributed by atoms with Crippen molar-refractivity contribution in [1.29, 1.82) is 0 Å². The first-order valence-corrected chi connectivity index (χ1v) is 11.8. The van der Waals surface area contributed by atoms with Gasteiger partial charge in [0, 0.05) is 11.1 Å². The maximum absolute atomic E-state index is 15.2. The molecule has 0 aliphatic carbocycles. The minimum atomic E-state index is -2.85. The number of pyridine rings is 1. The van der Waals surface area contributed by atoms with Crippen LogP contribution in [0.4, 0.5) is 13.2 Å². The van der Waals surface area contributed by atoms with Gasteiger partial charge in [0.25, 0.3) is 0 Å². The molecule has 6 heteroatoms. The Bertz CT molecular complexity index is 1240. The van der Waals surface area contributed by atoms with E-state index in [2.05, 4.69) is 16.6 Å². The average molecular weight is 480 g/mol. The molecule has 35 heavy (non-hydrogen) atoms. The van der Waals surface area contributed by atoms with Gasteiger partial charge in [-0.15, -0.1) is 0 Å². The monoisotopic (exact) mass is 479 g/mol. The fourth-order valence-electron chi connectivity index (χ4n) is 3.99. The van der Waals surface area contributed by atoms with Gasteiger partial charge in [-0.3, -0.25) is 4.98 Å². The molecule has 0 unspecified atom stereocenters. The number of fused-ring (bicyclic) bond motifs is 1. The van der Waals surface area contributed by atoms with Crippen molar-refractivity contribution in [2.75, 3.05) is 6.61 Å². The van der Waals surface area contributed by atoms with E-state index < -0.39 is 6.61 Å². The lowest BCUT2D eigenvalue weighted by Gasteiger charge is -2.10. The first kappa shape index (κ1) is 24.6. The SMILES string of the molecule is CCCOc1ccc(CCc2ccc3c(F)c(CCc4ccc(OC(F)F)cc4)ccc3c2)nc1. The molecule has 4 rings (SSSR count). The van der Waals surface area contributed by atoms with Crippen LogP contribution < -0.4 is 9.47 Å². The van der Waals surface area contributed by atoms with Gasteiger partial charge in [-0.05, 0) is 78.4 Å². The van der Waals surface area contributed by atoms with Gasteiger partial charge in [-0.2, -0.15) is 8.78 Å². The highest BCUT2D eigenvalue weighted by molar-refractivity contribution is 5.84. The topological polar surface area (TPSA) is 31.4 Å². The Kier molecular flexibility index (Phi) is 8.24.